The van der Waals surface area contributed by atoms with Crippen LogP contribution in [0.1, 0.15) is 32.6 Å². The normalized spacial score (nSPS) is 32.1. The molecule has 0 aromatic carbocycles. The summed E-state index contributed by atoms with van der Waals surface area (Å²) in [5.74, 6) is 1.62. The first-order valence-corrected chi connectivity index (χ1v) is 6.78. The summed E-state index contributed by atoms with van der Waals surface area (Å²) in [7, 11) is 0. The highest BCUT2D eigenvalue weighted by atomic mass is 16.7. The standard InChI is InChI=1S/C13H23NO2/c1-11(12-3-2-4-12)9-14-6-5-13(10-14)15-7-8-16-13/h11-12H,2-10H2,1H3. The molecule has 2 aliphatic heterocycles. The maximum atomic E-state index is 5.75. The van der Waals surface area contributed by atoms with Crippen molar-refractivity contribution in [1.29, 1.82) is 0 Å². The Labute approximate surface area is 98.1 Å². The molecule has 16 heavy (non-hydrogen) atoms. The SMILES string of the molecule is CC(CN1CCC2(C1)OCCO2)C1CCC1. The van der Waals surface area contributed by atoms with E-state index in [1.807, 2.05) is 0 Å². The van der Waals surface area contributed by atoms with E-state index in [0.717, 1.165) is 44.6 Å². The summed E-state index contributed by atoms with van der Waals surface area (Å²) in [5, 5.41) is 0. The predicted molar refractivity (Wildman–Crippen MR) is 62.2 cm³/mol. The summed E-state index contributed by atoms with van der Waals surface area (Å²) in [6.45, 7) is 7.35. The molecule has 2 saturated heterocycles. The molecule has 1 unspecified atom stereocenters. The highest BCUT2D eigenvalue weighted by Crippen LogP contribution is 2.36. The second kappa shape index (κ2) is 4.28. The summed E-state index contributed by atoms with van der Waals surface area (Å²) in [6.07, 6.45) is 5.41. The minimum absolute atomic E-state index is 0.223. The molecule has 1 aliphatic carbocycles. The first-order chi connectivity index (χ1) is 7.77. The van der Waals surface area contributed by atoms with E-state index in [1.165, 1.54) is 25.8 Å². The molecule has 1 atom stereocenters. The van der Waals surface area contributed by atoms with Crippen LogP contribution in [0.5, 0.6) is 0 Å². The minimum Gasteiger partial charge on any atom is -0.346 e. The van der Waals surface area contributed by atoms with Crippen molar-refractivity contribution in [3.63, 3.8) is 0 Å². The Balaban J connectivity index is 1.49. The van der Waals surface area contributed by atoms with Crippen molar-refractivity contribution in [3.8, 4) is 0 Å². The summed E-state index contributed by atoms with van der Waals surface area (Å²) in [5.41, 5.74) is 0. The van der Waals surface area contributed by atoms with E-state index >= 15 is 0 Å². The van der Waals surface area contributed by atoms with Crippen molar-refractivity contribution in [2.24, 2.45) is 11.8 Å². The van der Waals surface area contributed by atoms with Gasteiger partial charge in [-0.05, 0) is 11.8 Å². The number of likely N-dealkylation sites (tertiary alicyclic amines) is 1. The Kier molecular flexibility index (Phi) is 2.94. The van der Waals surface area contributed by atoms with Crippen LogP contribution in [0.2, 0.25) is 0 Å². The Morgan fingerprint density at radius 1 is 1.31 bits per heavy atom. The summed E-state index contributed by atoms with van der Waals surface area (Å²) in [6, 6.07) is 0. The van der Waals surface area contributed by atoms with E-state index in [9.17, 15) is 0 Å². The first kappa shape index (κ1) is 11.0. The van der Waals surface area contributed by atoms with Gasteiger partial charge in [0.05, 0.1) is 19.8 Å². The predicted octanol–water partition coefficient (Wildman–Crippen LogP) is 1.87. The van der Waals surface area contributed by atoms with Gasteiger partial charge in [-0.3, -0.25) is 4.90 Å². The van der Waals surface area contributed by atoms with Gasteiger partial charge in [-0.25, -0.2) is 0 Å². The second-order valence-electron chi connectivity index (χ2n) is 5.76. The maximum absolute atomic E-state index is 5.75. The molecule has 0 bridgehead atoms. The molecule has 0 radical (unpaired) electrons. The van der Waals surface area contributed by atoms with Crippen molar-refractivity contribution in [3.05, 3.63) is 0 Å². The fourth-order valence-corrected chi connectivity index (χ4v) is 3.28. The smallest absolute Gasteiger partial charge is 0.182 e. The van der Waals surface area contributed by atoms with Crippen LogP contribution >= 0.6 is 0 Å². The second-order valence-corrected chi connectivity index (χ2v) is 5.76. The molecule has 92 valence electrons. The van der Waals surface area contributed by atoms with Gasteiger partial charge in [0, 0.05) is 19.5 Å². The Morgan fingerprint density at radius 2 is 2.06 bits per heavy atom. The van der Waals surface area contributed by atoms with Crippen LogP contribution in [0, 0.1) is 11.8 Å². The Bertz CT molecular complexity index is 246. The van der Waals surface area contributed by atoms with E-state index in [-0.39, 0.29) is 5.79 Å². The fourth-order valence-electron chi connectivity index (χ4n) is 3.28. The van der Waals surface area contributed by atoms with Crippen LogP contribution in [0.4, 0.5) is 0 Å². The lowest BCUT2D eigenvalue weighted by Crippen LogP contribution is -2.37. The maximum Gasteiger partial charge on any atom is 0.182 e. The van der Waals surface area contributed by atoms with Crippen LogP contribution in [0.25, 0.3) is 0 Å². The lowest BCUT2D eigenvalue weighted by atomic mass is 9.76. The molecule has 1 saturated carbocycles. The first-order valence-electron chi connectivity index (χ1n) is 6.78. The molecule has 3 fully saturated rings. The van der Waals surface area contributed by atoms with Gasteiger partial charge >= 0.3 is 0 Å². The molecular weight excluding hydrogens is 202 g/mol. The molecule has 1 spiro atoms. The molecular formula is C13H23NO2. The molecule has 0 aromatic rings. The Hall–Kier alpha value is -0.120. The van der Waals surface area contributed by atoms with E-state index in [0.29, 0.717) is 0 Å². The van der Waals surface area contributed by atoms with Gasteiger partial charge in [0.1, 0.15) is 0 Å². The van der Waals surface area contributed by atoms with Crippen molar-refractivity contribution in [2.75, 3.05) is 32.8 Å². The molecule has 0 aromatic heterocycles. The summed E-state index contributed by atoms with van der Waals surface area (Å²) in [4.78, 5) is 2.54. The van der Waals surface area contributed by atoms with E-state index in [1.54, 1.807) is 0 Å². The molecule has 3 aliphatic rings. The summed E-state index contributed by atoms with van der Waals surface area (Å²) >= 11 is 0. The van der Waals surface area contributed by atoms with Crippen LogP contribution in [-0.2, 0) is 9.47 Å². The van der Waals surface area contributed by atoms with Gasteiger partial charge in [-0.2, -0.15) is 0 Å². The summed E-state index contributed by atoms with van der Waals surface area (Å²) < 4.78 is 11.5. The average molecular weight is 225 g/mol. The largest absolute Gasteiger partial charge is 0.346 e. The van der Waals surface area contributed by atoms with Crippen molar-refractivity contribution in [2.45, 2.75) is 38.4 Å². The Morgan fingerprint density at radius 3 is 2.69 bits per heavy atom. The zero-order chi connectivity index (χ0) is 11.0. The van der Waals surface area contributed by atoms with Crippen molar-refractivity contribution in [1.82, 2.24) is 4.90 Å². The van der Waals surface area contributed by atoms with E-state index < -0.39 is 0 Å². The molecule has 2 heterocycles. The van der Waals surface area contributed by atoms with Gasteiger partial charge in [0.15, 0.2) is 5.79 Å². The van der Waals surface area contributed by atoms with Gasteiger partial charge in [0.2, 0.25) is 0 Å². The van der Waals surface area contributed by atoms with Crippen molar-refractivity contribution >= 4 is 0 Å². The topological polar surface area (TPSA) is 21.7 Å². The van der Waals surface area contributed by atoms with Gasteiger partial charge < -0.3 is 9.47 Å². The lowest BCUT2D eigenvalue weighted by Gasteiger charge is -2.34. The zero-order valence-electron chi connectivity index (χ0n) is 10.3. The lowest BCUT2D eigenvalue weighted by molar-refractivity contribution is -0.145. The zero-order valence-corrected chi connectivity index (χ0v) is 10.3. The highest BCUT2D eigenvalue weighted by molar-refractivity contribution is 4.88. The van der Waals surface area contributed by atoms with E-state index in [4.69, 9.17) is 9.47 Å². The van der Waals surface area contributed by atoms with Crippen molar-refractivity contribution < 1.29 is 9.47 Å². The van der Waals surface area contributed by atoms with Crippen LogP contribution < -0.4 is 0 Å². The fraction of sp³-hybridized carbons (Fsp3) is 1.00. The third-order valence-corrected chi connectivity index (χ3v) is 4.59. The molecule has 3 nitrogen and oxygen atoms in total. The average Bonchev–Trinajstić information content (AvgIpc) is 2.75. The van der Waals surface area contributed by atoms with Crippen LogP contribution in [0.3, 0.4) is 0 Å². The monoisotopic (exact) mass is 225 g/mol. The van der Waals surface area contributed by atoms with Crippen LogP contribution in [0.15, 0.2) is 0 Å². The third-order valence-electron chi connectivity index (χ3n) is 4.59. The number of nitrogens with zero attached hydrogens (tertiary/aromatic N) is 1. The molecule has 0 N–H and O–H groups in total. The number of hydrogen-bond donors (Lipinski definition) is 0. The highest BCUT2D eigenvalue weighted by Gasteiger charge is 2.43. The quantitative estimate of drug-likeness (QED) is 0.732. The molecule has 0 amide bonds. The van der Waals surface area contributed by atoms with E-state index in [2.05, 4.69) is 11.8 Å². The minimum atomic E-state index is -0.223. The van der Waals surface area contributed by atoms with Gasteiger partial charge in [-0.15, -0.1) is 0 Å². The van der Waals surface area contributed by atoms with Crippen LogP contribution in [-0.4, -0.2) is 43.5 Å². The number of rotatable bonds is 3. The number of hydrogen-bond acceptors (Lipinski definition) is 3. The molecule has 3 heteroatoms. The van der Waals surface area contributed by atoms with Gasteiger partial charge in [-0.1, -0.05) is 26.2 Å². The number of ether oxygens (including phenoxy) is 2. The molecule has 3 rings (SSSR count). The third kappa shape index (κ3) is 2.01. The van der Waals surface area contributed by atoms with Gasteiger partial charge in [0.25, 0.3) is 0 Å².